The number of benzene rings is 1. The Bertz CT molecular complexity index is 448. The van der Waals surface area contributed by atoms with Crippen LogP contribution < -0.4 is 5.32 Å². The first-order valence-electron chi connectivity index (χ1n) is 7.32. The molecule has 2 aliphatic carbocycles. The van der Waals surface area contributed by atoms with E-state index in [0.717, 1.165) is 11.8 Å². The minimum absolute atomic E-state index is 0.282. The third kappa shape index (κ3) is 2.40. The van der Waals surface area contributed by atoms with E-state index < -0.39 is 11.6 Å². The molecule has 3 unspecified atom stereocenters. The number of rotatable bonds is 4. The molecule has 0 aromatic heterocycles. The minimum Gasteiger partial charge on any atom is -0.316 e. The van der Waals surface area contributed by atoms with E-state index in [4.69, 9.17) is 0 Å². The monoisotopic (exact) mass is 265 g/mol. The maximum atomic E-state index is 13.7. The van der Waals surface area contributed by atoms with Crippen molar-refractivity contribution >= 4 is 0 Å². The molecule has 0 bridgehead atoms. The van der Waals surface area contributed by atoms with Crippen LogP contribution >= 0.6 is 0 Å². The molecule has 19 heavy (non-hydrogen) atoms. The fraction of sp³-hybridized carbons (Fsp3) is 0.625. The van der Waals surface area contributed by atoms with Gasteiger partial charge in [0.15, 0.2) is 11.6 Å². The van der Waals surface area contributed by atoms with Gasteiger partial charge in [0.05, 0.1) is 0 Å². The van der Waals surface area contributed by atoms with Gasteiger partial charge in [0, 0.05) is 6.04 Å². The highest BCUT2D eigenvalue weighted by Crippen LogP contribution is 2.57. The Morgan fingerprint density at radius 1 is 1.21 bits per heavy atom. The third-order valence-electron chi connectivity index (χ3n) is 5.03. The zero-order chi connectivity index (χ0) is 13.4. The lowest BCUT2D eigenvalue weighted by atomic mass is 9.99. The standard InChI is InChI=1S/C16H21F2N/c1-19-14(15-11-6-2-3-7-12(11)15)9-10-5-4-8-13(17)16(10)18/h4-5,8,11-12,14-15,19H,2-3,6-7,9H2,1H3. The molecule has 2 fully saturated rings. The van der Waals surface area contributed by atoms with Gasteiger partial charge in [0.1, 0.15) is 0 Å². The molecule has 0 heterocycles. The van der Waals surface area contributed by atoms with Gasteiger partial charge in [0.25, 0.3) is 0 Å². The van der Waals surface area contributed by atoms with Crippen LogP contribution in [0.4, 0.5) is 8.78 Å². The van der Waals surface area contributed by atoms with Crippen molar-refractivity contribution < 1.29 is 8.78 Å². The summed E-state index contributed by atoms with van der Waals surface area (Å²) in [5, 5.41) is 3.33. The number of fused-ring (bicyclic) bond motifs is 1. The number of hydrogen-bond acceptors (Lipinski definition) is 1. The SMILES string of the molecule is CNC(Cc1cccc(F)c1F)C1C2CCCCC21. The molecule has 0 amide bonds. The van der Waals surface area contributed by atoms with Crippen LogP contribution in [0, 0.1) is 29.4 Å². The van der Waals surface area contributed by atoms with E-state index in [1.807, 2.05) is 7.05 Å². The average Bonchev–Trinajstić information content (AvgIpc) is 3.15. The summed E-state index contributed by atoms with van der Waals surface area (Å²) in [6, 6.07) is 4.77. The van der Waals surface area contributed by atoms with Crippen LogP contribution in [-0.2, 0) is 6.42 Å². The van der Waals surface area contributed by atoms with Gasteiger partial charge in [-0.2, -0.15) is 0 Å². The predicted molar refractivity (Wildman–Crippen MR) is 71.8 cm³/mol. The summed E-state index contributed by atoms with van der Waals surface area (Å²) in [7, 11) is 1.94. The molecule has 0 spiro atoms. The van der Waals surface area contributed by atoms with Crippen molar-refractivity contribution in [3.05, 3.63) is 35.4 Å². The van der Waals surface area contributed by atoms with Crippen molar-refractivity contribution in [2.45, 2.75) is 38.1 Å². The summed E-state index contributed by atoms with van der Waals surface area (Å²) < 4.78 is 27.0. The summed E-state index contributed by atoms with van der Waals surface area (Å²) in [4.78, 5) is 0. The van der Waals surface area contributed by atoms with Gasteiger partial charge in [-0.1, -0.05) is 25.0 Å². The summed E-state index contributed by atoms with van der Waals surface area (Å²) >= 11 is 0. The Kier molecular flexibility index (Phi) is 3.57. The van der Waals surface area contributed by atoms with Crippen molar-refractivity contribution in [3.63, 3.8) is 0 Å². The van der Waals surface area contributed by atoms with Crippen LogP contribution in [0.15, 0.2) is 18.2 Å². The van der Waals surface area contributed by atoms with Crippen molar-refractivity contribution in [1.82, 2.24) is 5.32 Å². The van der Waals surface area contributed by atoms with Crippen molar-refractivity contribution in [1.29, 1.82) is 0 Å². The van der Waals surface area contributed by atoms with Crippen molar-refractivity contribution in [3.8, 4) is 0 Å². The van der Waals surface area contributed by atoms with E-state index in [9.17, 15) is 8.78 Å². The number of likely N-dealkylation sites (N-methyl/N-ethyl adjacent to an activating group) is 1. The minimum atomic E-state index is -0.736. The molecule has 1 aromatic carbocycles. The first kappa shape index (κ1) is 13.0. The third-order valence-corrected chi connectivity index (χ3v) is 5.03. The zero-order valence-corrected chi connectivity index (χ0v) is 11.3. The Labute approximate surface area is 113 Å². The van der Waals surface area contributed by atoms with Crippen LogP contribution in [0.1, 0.15) is 31.2 Å². The molecule has 1 nitrogen and oxygen atoms in total. The Balaban J connectivity index is 1.72. The van der Waals surface area contributed by atoms with Crippen LogP contribution in [-0.4, -0.2) is 13.1 Å². The number of halogens is 2. The second-order valence-electron chi connectivity index (χ2n) is 6.00. The lowest BCUT2D eigenvalue weighted by Crippen LogP contribution is -2.31. The molecule has 3 rings (SSSR count). The summed E-state index contributed by atoms with van der Waals surface area (Å²) in [5.41, 5.74) is 0.503. The largest absolute Gasteiger partial charge is 0.316 e. The van der Waals surface area contributed by atoms with Crippen LogP contribution in [0.2, 0.25) is 0 Å². The Morgan fingerprint density at radius 3 is 2.53 bits per heavy atom. The lowest BCUT2D eigenvalue weighted by molar-refractivity contribution is 0.440. The van der Waals surface area contributed by atoms with Gasteiger partial charge in [-0.3, -0.25) is 0 Å². The fourth-order valence-electron chi connectivity index (χ4n) is 4.02. The molecular formula is C16H21F2N. The van der Waals surface area contributed by atoms with E-state index in [-0.39, 0.29) is 6.04 Å². The predicted octanol–water partition coefficient (Wildman–Crippen LogP) is 3.53. The fourth-order valence-corrected chi connectivity index (χ4v) is 4.02. The van der Waals surface area contributed by atoms with Gasteiger partial charge < -0.3 is 5.32 Å². The zero-order valence-electron chi connectivity index (χ0n) is 11.3. The van der Waals surface area contributed by atoms with Crippen molar-refractivity contribution in [2.75, 3.05) is 7.05 Å². The topological polar surface area (TPSA) is 12.0 Å². The summed E-state index contributed by atoms with van der Waals surface area (Å²) in [6.45, 7) is 0. The second kappa shape index (κ2) is 5.20. The Hall–Kier alpha value is -0.960. The molecule has 2 aliphatic rings. The molecule has 0 saturated heterocycles. The summed E-state index contributed by atoms with van der Waals surface area (Å²) in [6.07, 6.45) is 5.90. The van der Waals surface area contributed by atoms with Crippen LogP contribution in [0.25, 0.3) is 0 Å². The van der Waals surface area contributed by atoms with E-state index in [1.54, 1.807) is 12.1 Å². The number of hydrogen-bond donors (Lipinski definition) is 1. The van der Waals surface area contributed by atoms with E-state index in [0.29, 0.717) is 17.9 Å². The van der Waals surface area contributed by atoms with Gasteiger partial charge in [0.2, 0.25) is 0 Å². The maximum Gasteiger partial charge on any atom is 0.162 e. The maximum absolute atomic E-state index is 13.7. The Morgan fingerprint density at radius 2 is 1.89 bits per heavy atom. The lowest BCUT2D eigenvalue weighted by Gasteiger charge is -2.17. The molecular weight excluding hydrogens is 244 g/mol. The normalized spacial score (nSPS) is 30.8. The van der Waals surface area contributed by atoms with Crippen LogP contribution in [0.5, 0.6) is 0 Å². The van der Waals surface area contributed by atoms with Crippen LogP contribution in [0.3, 0.4) is 0 Å². The highest BCUT2D eigenvalue weighted by Gasteiger charge is 2.53. The quantitative estimate of drug-likeness (QED) is 0.878. The number of nitrogens with one attached hydrogen (secondary N) is 1. The first-order chi connectivity index (χ1) is 9.22. The molecule has 2 saturated carbocycles. The molecule has 1 N–H and O–H groups in total. The molecule has 104 valence electrons. The van der Waals surface area contributed by atoms with Gasteiger partial charge in [-0.05, 0) is 55.7 Å². The molecule has 1 aromatic rings. The first-order valence-corrected chi connectivity index (χ1v) is 7.32. The smallest absolute Gasteiger partial charge is 0.162 e. The second-order valence-corrected chi connectivity index (χ2v) is 6.00. The molecule has 3 atom stereocenters. The molecule has 0 radical (unpaired) electrons. The van der Waals surface area contributed by atoms with Gasteiger partial charge >= 0.3 is 0 Å². The van der Waals surface area contributed by atoms with Crippen molar-refractivity contribution in [2.24, 2.45) is 17.8 Å². The highest BCUT2D eigenvalue weighted by atomic mass is 19.2. The van der Waals surface area contributed by atoms with E-state index >= 15 is 0 Å². The summed E-state index contributed by atoms with van der Waals surface area (Å²) in [5.74, 6) is 0.896. The molecule has 3 heteroatoms. The van der Waals surface area contributed by atoms with Gasteiger partial charge in [-0.15, -0.1) is 0 Å². The highest BCUT2D eigenvalue weighted by molar-refractivity contribution is 5.21. The van der Waals surface area contributed by atoms with E-state index in [2.05, 4.69) is 5.32 Å². The average molecular weight is 265 g/mol. The van der Waals surface area contributed by atoms with E-state index in [1.165, 1.54) is 31.7 Å². The molecule has 0 aliphatic heterocycles. The van der Waals surface area contributed by atoms with Gasteiger partial charge in [-0.25, -0.2) is 8.78 Å².